The van der Waals surface area contributed by atoms with Crippen molar-refractivity contribution in [2.24, 2.45) is 5.73 Å². The van der Waals surface area contributed by atoms with Crippen molar-refractivity contribution in [1.82, 2.24) is 14.9 Å². The van der Waals surface area contributed by atoms with Crippen molar-refractivity contribution in [1.29, 1.82) is 0 Å². The second-order valence-corrected chi connectivity index (χ2v) is 8.37. The van der Waals surface area contributed by atoms with E-state index in [4.69, 9.17) is 27.1 Å². The highest BCUT2D eigenvalue weighted by atomic mass is 35.5. The molecule has 2 aromatic heterocycles. The Kier molecular flexibility index (Phi) is 5.36. The Morgan fingerprint density at radius 1 is 1.16 bits per heavy atom. The van der Waals surface area contributed by atoms with Crippen LogP contribution in [0, 0.1) is 0 Å². The summed E-state index contributed by atoms with van der Waals surface area (Å²) in [6.45, 7) is 4.29. The third kappa shape index (κ3) is 4.14. The van der Waals surface area contributed by atoms with Crippen molar-refractivity contribution >= 4 is 39.4 Å². The van der Waals surface area contributed by atoms with Crippen LogP contribution in [-0.2, 0) is 22.5 Å². The molecule has 0 unspecified atom stereocenters. The Bertz CT molecular complexity index is 1280. The monoisotopic (exact) mass is 434 g/mol. The second kappa shape index (κ2) is 8.30. The smallest absolute Gasteiger partial charge is 0.221 e. The second-order valence-electron chi connectivity index (χ2n) is 7.94. The number of primary amides is 1. The van der Waals surface area contributed by atoms with Crippen molar-refractivity contribution in [3.8, 4) is 11.3 Å². The average molecular weight is 435 g/mol. The van der Waals surface area contributed by atoms with Crippen LogP contribution in [0.5, 0.6) is 0 Å². The number of nitrogens with one attached hydrogen (secondary N) is 1. The topological polar surface area (TPSA) is 84.2 Å². The number of ether oxygens (including phenoxy) is 1. The summed E-state index contributed by atoms with van der Waals surface area (Å²) in [5.74, 6) is -0.379. The Labute approximate surface area is 185 Å². The number of halogens is 1. The van der Waals surface area contributed by atoms with Gasteiger partial charge in [0, 0.05) is 41.1 Å². The SMILES string of the molecule is NC(=O)Cc1cc(-c2cccc(Cl)c2)nc2c1[nH]c1ccc(CN3CCOCC3)cc12. The molecule has 0 radical (unpaired) electrons. The zero-order chi connectivity index (χ0) is 21.4. The number of aromatic nitrogens is 2. The van der Waals surface area contributed by atoms with Gasteiger partial charge >= 0.3 is 0 Å². The number of benzene rings is 2. The van der Waals surface area contributed by atoms with Gasteiger partial charge in [-0.25, -0.2) is 4.98 Å². The number of carbonyl (C=O) groups excluding carboxylic acids is 1. The lowest BCUT2D eigenvalue weighted by Crippen LogP contribution is -2.35. The minimum atomic E-state index is -0.379. The quantitative estimate of drug-likeness (QED) is 0.499. The van der Waals surface area contributed by atoms with Crippen molar-refractivity contribution in [3.05, 3.63) is 64.7 Å². The highest BCUT2D eigenvalue weighted by Gasteiger charge is 2.16. The molecule has 6 nitrogen and oxygen atoms in total. The molecule has 1 amide bonds. The fourth-order valence-corrected chi connectivity index (χ4v) is 4.39. The van der Waals surface area contributed by atoms with Gasteiger partial charge in [0.1, 0.15) is 0 Å². The predicted octanol–water partition coefficient (Wildman–Crippen LogP) is 3.90. The number of carbonyl (C=O) groups is 1. The maximum atomic E-state index is 11.8. The van der Waals surface area contributed by atoms with E-state index in [1.165, 1.54) is 5.56 Å². The summed E-state index contributed by atoms with van der Waals surface area (Å²) >= 11 is 6.20. The number of morpholine rings is 1. The molecule has 2 aromatic carbocycles. The van der Waals surface area contributed by atoms with Gasteiger partial charge in [-0.2, -0.15) is 0 Å². The minimum absolute atomic E-state index is 0.139. The van der Waals surface area contributed by atoms with E-state index in [-0.39, 0.29) is 12.3 Å². The van der Waals surface area contributed by atoms with Gasteiger partial charge in [-0.05, 0) is 41.5 Å². The van der Waals surface area contributed by atoms with Gasteiger partial charge in [0.15, 0.2) is 0 Å². The van der Waals surface area contributed by atoms with Crippen LogP contribution in [0.25, 0.3) is 33.2 Å². The number of hydrogen-bond acceptors (Lipinski definition) is 4. The first-order valence-corrected chi connectivity index (χ1v) is 10.7. The third-order valence-electron chi connectivity index (χ3n) is 5.69. The molecule has 1 fully saturated rings. The molecule has 0 atom stereocenters. The largest absolute Gasteiger partial charge is 0.379 e. The van der Waals surface area contributed by atoms with Gasteiger partial charge in [0.05, 0.1) is 36.4 Å². The zero-order valence-corrected chi connectivity index (χ0v) is 17.8. The van der Waals surface area contributed by atoms with Crippen molar-refractivity contribution in [3.63, 3.8) is 0 Å². The van der Waals surface area contributed by atoms with E-state index in [2.05, 4.69) is 28.1 Å². The lowest BCUT2D eigenvalue weighted by atomic mass is 10.0. The first kappa shape index (κ1) is 20.0. The highest BCUT2D eigenvalue weighted by molar-refractivity contribution is 6.30. The molecule has 0 saturated carbocycles. The van der Waals surface area contributed by atoms with Crippen LogP contribution >= 0.6 is 11.6 Å². The number of nitrogens with zero attached hydrogens (tertiary/aromatic N) is 2. The maximum absolute atomic E-state index is 11.8. The molecule has 0 spiro atoms. The van der Waals surface area contributed by atoms with Crippen molar-refractivity contribution in [2.75, 3.05) is 26.3 Å². The van der Waals surface area contributed by atoms with Gasteiger partial charge in [-0.3, -0.25) is 9.69 Å². The molecule has 5 rings (SSSR count). The van der Waals surface area contributed by atoms with Crippen LogP contribution < -0.4 is 5.73 Å². The minimum Gasteiger partial charge on any atom is -0.379 e. The maximum Gasteiger partial charge on any atom is 0.221 e. The number of amides is 1. The van der Waals surface area contributed by atoms with Gasteiger partial charge in [-0.1, -0.05) is 29.8 Å². The van der Waals surface area contributed by atoms with E-state index >= 15 is 0 Å². The predicted molar refractivity (Wildman–Crippen MR) is 123 cm³/mol. The molecule has 4 aromatic rings. The van der Waals surface area contributed by atoms with E-state index in [0.717, 1.165) is 71.6 Å². The van der Waals surface area contributed by atoms with Gasteiger partial charge < -0.3 is 15.5 Å². The van der Waals surface area contributed by atoms with Crippen molar-refractivity contribution in [2.45, 2.75) is 13.0 Å². The van der Waals surface area contributed by atoms with E-state index < -0.39 is 0 Å². The van der Waals surface area contributed by atoms with Gasteiger partial charge in [0.2, 0.25) is 5.91 Å². The summed E-state index contributed by atoms with van der Waals surface area (Å²) in [5.41, 5.74) is 11.9. The summed E-state index contributed by atoms with van der Waals surface area (Å²) in [6.07, 6.45) is 0.139. The summed E-state index contributed by atoms with van der Waals surface area (Å²) in [5, 5.41) is 1.68. The van der Waals surface area contributed by atoms with Gasteiger partial charge in [0.25, 0.3) is 0 Å². The Balaban J connectivity index is 1.64. The van der Waals surface area contributed by atoms with Crippen LogP contribution in [0.1, 0.15) is 11.1 Å². The molecule has 1 saturated heterocycles. The van der Waals surface area contributed by atoms with Crippen LogP contribution in [0.4, 0.5) is 0 Å². The normalized spacial score (nSPS) is 15.0. The van der Waals surface area contributed by atoms with Crippen molar-refractivity contribution < 1.29 is 9.53 Å². The third-order valence-corrected chi connectivity index (χ3v) is 5.93. The lowest BCUT2D eigenvalue weighted by Gasteiger charge is -2.26. The van der Waals surface area contributed by atoms with E-state index in [1.807, 2.05) is 30.3 Å². The molecule has 3 heterocycles. The lowest BCUT2D eigenvalue weighted by molar-refractivity contribution is -0.117. The number of aromatic amines is 1. The molecule has 0 aliphatic carbocycles. The van der Waals surface area contributed by atoms with Crippen LogP contribution in [-0.4, -0.2) is 47.1 Å². The number of pyridine rings is 1. The first-order valence-electron chi connectivity index (χ1n) is 10.4. The number of H-pyrrole nitrogens is 1. The standard InChI is InChI=1S/C24H23ClN4O2/c25-18-3-1-2-16(11-18)21-12-17(13-22(26)30)23-24(28-21)19-10-15(4-5-20(19)27-23)14-29-6-8-31-9-7-29/h1-5,10-12,27H,6-9,13-14H2,(H2,26,30). The summed E-state index contributed by atoms with van der Waals surface area (Å²) in [4.78, 5) is 22.5. The molecule has 7 heteroatoms. The number of hydrogen-bond donors (Lipinski definition) is 2. The van der Waals surface area contributed by atoms with Crippen LogP contribution in [0.2, 0.25) is 5.02 Å². The van der Waals surface area contributed by atoms with Crippen LogP contribution in [0.3, 0.4) is 0 Å². The molecule has 1 aliphatic rings. The zero-order valence-electron chi connectivity index (χ0n) is 17.0. The fourth-order valence-electron chi connectivity index (χ4n) is 4.20. The average Bonchev–Trinajstić information content (AvgIpc) is 3.12. The number of nitrogens with two attached hydrogens (primary N) is 1. The van der Waals surface area contributed by atoms with E-state index in [1.54, 1.807) is 0 Å². The van der Waals surface area contributed by atoms with Gasteiger partial charge in [-0.15, -0.1) is 0 Å². The molecule has 0 bridgehead atoms. The Morgan fingerprint density at radius 3 is 2.77 bits per heavy atom. The Morgan fingerprint density at radius 2 is 2.00 bits per heavy atom. The molecule has 1 aliphatic heterocycles. The van der Waals surface area contributed by atoms with E-state index in [0.29, 0.717) is 5.02 Å². The summed E-state index contributed by atoms with van der Waals surface area (Å²) < 4.78 is 5.46. The number of fused-ring (bicyclic) bond motifs is 3. The molecule has 158 valence electrons. The highest BCUT2D eigenvalue weighted by Crippen LogP contribution is 2.32. The first-order chi connectivity index (χ1) is 15.1. The fraction of sp³-hybridized carbons (Fsp3) is 0.250. The van der Waals surface area contributed by atoms with Crippen LogP contribution in [0.15, 0.2) is 48.5 Å². The molecular weight excluding hydrogens is 412 g/mol. The summed E-state index contributed by atoms with van der Waals surface area (Å²) in [6, 6.07) is 15.9. The molecular formula is C24H23ClN4O2. The van der Waals surface area contributed by atoms with E-state index in [9.17, 15) is 4.79 Å². The summed E-state index contributed by atoms with van der Waals surface area (Å²) in [7, 11) is 0. The molecule has 31 heavy (non-hydrogen) atoms. The number of rotatable bonds is 5. The molecule has 3 N–H and O–H groups in total. The Hall–Kier alpha value is -2.93.